The molecule has 1 unspecified atom stereocenters. The van der Waals surface area contributed by atoms with Crippen molar-refractivity contribution in [2.24, 2.45) is 0 Å². The monoisotopic (exact) mass is 298 g/mol. The second kappa shape index (κ2) is 5.83. The Labute approximate surface area is 129 Å². The van der Waals surface area contributed by atoms with E-state index < -0.39 is 6.04 Å². The lowest BCUT2D eigenvalue weighted by Gasteiger charge is -2.29. The highest BCUT2D eigenvalue weighted by Gasteiger charge is 2.39. The molecule has 0 aliphatic carbocycles. The van der Waals surface area contributed by atoms with Gasteiger partial charge < -0.3 is 10.1 Å². The molecular weight excluding hydrogens is 281 g/mol. The molecule has 1 fully saturated rings. The van der Waals surface area contributed by atoms with Gasteiger partial charge in [0.2, 0.25) is 19.2 Å². The number of amides is 3. The Balaban J connectivity index is 1.84. The van der Waals surface area contributed by atoms with Gasteiger partial charge in [-0.05, 0) is 18.6 Å². The van der Waals surface area contributed by atoms with Crippen molar-refractivity contribution in [3.05, 3.63) is 29.3 Å². The lowest BCUT2D eigenvalue weighted by molar-refractivity contribution is -0.136. The van der Waals surface area contributed by atoms with Gasteiger partial charge in [-0.15, -0.1) is 0 Å². The summed E-state index contributed by atoms with van der Waals surface area (Å²) in [6, 6.07) is 4.96. The number of carbonyl (C=O) groups excluding carboxylic acids is 3. The van der Waals surface area contributed by atoms with E-state index in [1.54, 1.807) is 11.0 Å². The molecule has 1 saturated heterocycles. The molecule has 1 aromatic carbocycles. The summed E-state index contributed by atoms with van der Waals surface area (Å²) in [5.74, 6) is -0.804. The van der Waals surface area contributed by atoms with E-state index >= 15 is 0 Å². The molecule has 1 aromatic rings. The van der Waals surface area contributed by atoms with Gasteiger partial charge in [0.05, 0.1) is 0 Å². The Hall–Kier alpha value is -2.31. The van der Waals surface area contributed by atoms with Crippen molar-refractivity contribution in [2.45, 2.75) is 38.7 Å². The normalized spacial score (nSPS) is 20.7. The summed E-state index contributed by atoms with van der Waals surface area (Å²) in [6.07, 6.45) is 1.52. The maximum Gasteiger partial charge on any atom is 0.255 e. The van der Waals surface area contributed by atoms with Crippen LogP contribution in [-0.2, 0) is 16.1 Å². The predicted octanol–water partition coefficient (Wildman–Crippen LogP) is 0.917. The van der Waals surface area contributed by atoms with Gasteiger partial charge >= 0.3 is 0 Å². The molecule has 2 N–H and O–H groups in total. The van der Waals surface area contributed by atoms with Crippen molar-refractivity contribution in [3.8, 4) is 0 Å². The van der Waals surface area contributed by atoms with Crippen LogP contribution in [0.15, 0.2) is 18.2 Å². The average Bonchev–Trinajstić information content (AvgIpc) is 2.83. The van der Waals surface area contributed by atoms with Gasteiger partial charge in [-0.1, -0.05) is 19.3 Å². The number of piperidine rings is 1. The molecule has 0 aromatic heterocycles. The fourth-order valence-corrected chi connectivity index (χ4v) is 2.93. The van der Waals surface area contributed by atoms with Gasteiger partial charge in [-0.2, -0.15) is 0 Å². The molecule has 1 atom stereocenters. The molecule has 3 amide bonds. The third-order valence-corrected chi connectivity index (χ3v) is 4.04. The van der Waals surface area contributed by atoms with Crippen molar-refractivity contribution in [1.29, 1.82) is 0 Å². The molecule has 0 bridgehead atoms. The van der Waals surface area contributed by atoms with Crippen LogP contribution in [0.25, 0.3) is 0 Å². The first-order chi connectivity index (χ1) is 10.6. The van der Waals surface area contributed by atoms with E-state index in [0.717, 1.165) is 17.6 Å². The SMILES string of the molecule is CC[B]Nc1cccc2c1CN(C1CCC(=O)NC1=O)C2=O. The maximum atomic E-state index is 12.6. The van der Waals surface area contributed by atoms with Gasteiger partial charge in [0.1, 0.15) is 6.04 Å². The first kappa shape index (κ1) is 14.6. The highest BCUT2D eigenvalue weighted by atomic mass is 16.2. The molecule has 6 nitrogen and oxygen atoms in total. The quantitative estimate of drug-likeness (QED) is 0.640. The van der Waals surface area contributed by atoms with Gasteiger partial charge in [0.15, 0.2) is 0 Å². The summed E-state index contributed by atoms with van der Waals surface area (Å²) in [5, 5.41) is 5.51. The van der Waals surface area contributed by atoms with Gasteiger partial charge in [0.25, 0.3) is 5.91 Å². The summed E-state index contributed by atoms with van der Waals surface area (Å²) in [6.45, 7) is 2.41. The number of carbonyl (C=O) groups is 3. The number of benzene rings is 1. The van der Waals surface area contributed by atoms with Crippen molar-refractivity contribution in [2.75, 3.05) is 5.23 Å². The minimum Gasteiger partial charge on any atom is -0.432 e. The fraction of sp³-hybridized carbons (Fsp3) is 0.400. The highest BCUT2D eigenvalue weighted by Crippen LogP contribution is 2.32. The average molecular weight is 298 g/mol. The van der Waals surface area contributed by atoms with Gasteiger partial charge in [-0.25, -0.2) is 0 Å². The number of hydrogen-bond donors (Lipinski definition) is 2. The molecule has 7 heteroatoms. The molecule has 2 heterocycles. The van der Waals surface area contributed by atoms with Gasteiger partial charge in [-0.3, -0.25) is 19.7 Å². The number of imide groups is 1. The van der Waals surface area contributed by atoms with E-state index in [9.17, 15) is 14.4 Å². The van der Waals surface area contributed by atoms with Crippen LogP contribution >= 0.6 is 0 Å². The second-order valence-electron chi connectivity index (χ2n) is 5.49. The molecule has 3 rings (SSSR count). The number of nitrogens with zero attached hydrogens (tertiary/aromatic N) is 1. The number of hydrogen-bond acceptors (Lipinski definition) is 4. The first-order valence-electron chi connectivity index (χ1n) is 7.46. The van der Waals surface area contributed by atoms with E-state index in [0.29, 0.717) is 18.5 Å². The third kappa shape index (κ3) is 2.47. The zero-order chi connectivity index (χ0) is 15.7. The minimum atomic E-state index is -0.569. The molecule has 2 aliphatic rings. The van der Waals surface area contributed by atoms with Gasteiger partial charge in [0, 0.05) is 29.8 Å². The number of anilines is 1. The highest BCUT2D eigenvalue weighted by molar-refractivity contribution is 6.40. The zero-order valence-corrected chi connectivity index (χ0v) is 12.4. The Bertz CT molecular complexity index is 647. The van der Waals surface area contributed by atoms with Crippen LogP contribution in [0, 0.1) is 0 Å². The van der Waals surface area contributed by atoms with Crippen molar-refractivity contribution in [1.82, 2.24) is 10.2 Å². The number of nitrogens with one attached hydrogen (secondary N) is 2. The summed E-state index contributed by atoms with van der Waals surface area (Å²) in [5.41, 5.74) is 2.42. The lowest BCUT2D eigenvalue weighted by atomic mass is 9.89. The molecule has 1 radical (unpaired) electrons. The van der Waals surface area contributed by atoms with E-state index in [2.05, 4.69) is 10.5 Å². The van der Waals surface area contributed by atoms with E-state index in [-0.39, 0.29) is 24.1 Å². The summed E-state index contributed by atoms with van der Waals surface area (Å²) >= 11 is 0. The summed E-state index contributed by atoms with van der Waals surface area (Å²) in [4.78, 5) is 37.4. The van der Waals surface area contributed by atoms with Crippen molar-refractivity contribution in [3.63, 3.8) is 0 Å². The van der Waals surface area contributed by atoms with Crippen LogP contribution in [0.5, 0.6) is 0 Å². The topological polar surface area (TPSA) is 78.5 Å². The van der Waals surface area contributed by atoms with Crippen LogP contribution in [0.3, 0.4) is 0 Å². The van der Waals surface area contributed by atoms with Crippen LogP contribution in [0.1, 0.15) is 35.7 Å². The third-order valence-electron chi connectivity index (χ3n) is 4.04. The van der Waals surface area contributed by atoms with Crippen LogP contribution in [-0.4, -0.2) is 36.1 Å². The smallest absolute Gasteiger partial charge is 0.255 e. The Morgan fingerprint density at radius 3 is 2.91 bits per heavy atom. The van der Waals surface area contributed by atoms with Crippen molar-refractivity contribution >= 4 is 30.8 Å². The van der Waals surface area contributed by atoms with E-state index in [4.69, 9.17) is 0 Å². The largest absolute Gasteiger partial charge is 0.432 e. The Morgan fingerprint density at radius 2 is 2.18 bits per heavy atom. The van der Waals surface area contributed by atoms with Crippen LogP contribution in [0.4, 0.5) is 5.69 Å². The molecular formula is C15H17BN3O3. The predicted molar refractivity (Wildman–Crippen MR) is 82.3 cm³/mol. The Morgan fingerprint density at radius 1 is 1.36 bits per heavy atom. The zero-order valence-electron chi connectivity index (χ0n) is 12.4. The second-order valence-corrected chi connectivity index (χ2v) is 5.49. The summed E-state index contributed by atoms with van der Waals surface area (Å²) in [7, 11) is 1.93. The van der Waals surface area contributed by atoms with Crippen LogP contribution in [0.2, 0.25) is 6.32 Å². The minimum absolute atomic E-state index is 0.148. The molecule has 113 valence electrons. The maximum absolute atomic E-state index is 12.6. The van der Waals surface area contributed by atoms with E-state index in [1.165, 1.54) is 0 Å². The molecule has 0 saturated carbocycles. The molecule has 0 spiro atoms. The van der Waals surface area contributed by atoms with E-state index in [1.807, 2.05) is 26.5 Å². The number of fused-ring (bicyclic) bond motifs is 1. The number of rotatable bonds is 4. The van der Waals surface area contributed by atoms with Crippen LogP contribution < -0.4 is 10.5 Å². The first-order valence-corrected chi connectivity index (χ1v) is 7.46. The summed E-state index contributed by atoms with van der Waals surface area (Å²) < 4.78 is 0. The standard InChI is InChI=1S/C15H17BN3O3/c1-2-16-18-11-5-3-4-9-10(11)8-19(15(9)22)12-6-7-13(20)17-14(12)21/h3-5,12,18H,2,6-8H2,1H3,(H,17,20,21). The molecule has 2 aliphatic heterocycles. The molecule has 22 heavy (non-hydrogen) atoms. The fourth-order valence-electron chi connectivity index (χ4n) is 2.93. The lowest BCUT2D eigenvalue weighted by Crippen LogP contribution is -2.52. The Kier molecular flexibility index (Phi) is 3.87. The van der Waals surface area contributed by atoms with Crippen molar-refractivity contribution < 1.29 is 14.4 Å².